The molecule has 0 radical (unpaired) electrons. The van der Waals surface area contributed by atoms with Crippen molar-refractivity contribution in [2.24, 2.45) is 12.0 Å². The van der Waals surface area contributed by atoms with Crippen molar-refractivity contribution in [2.75, 3.05) is 11.9 Å². The highest BCUT2D eigenvalue weighted by atomic mass is 16.1. The van der Waals surface area contributed by atoms with Gasteiger partial charge >= 0.3 is 0 Å². The highest BCUT2D eigenvalue weighted by Crippen LogP contribution is 2.15. The lowest BCUT2D eigenvalue weighted by atomic mass is 10.1. The Kier molecular flexibility index (Phi) is 6.90. The summed E-state index contributed by atoms with van der Waals surface area (Å²) in [5.74, 6) is 0.249. The molecule has 1 heterocycles. The molecule has 162 valence electrons. The van der Waals surface area contributed by atoms with Crippen molar-refractivity contribution in [3.8, 4) is 0 Å². The molecule has 0 aliphatic heterocycles. The summed E-state index contributed by atoms with van der Waals surface area (Å²) in [6.45, 7) is 10.7. The number of amides is 1. The number of aliphatic imine (C=N–C) groups is 1. The van der Waals surface area contributed by atoms with Crippen LogP contribution in [0.15, 0.2) is 47.5 Å². The van der Waals surface area contributed by atoms with Gasteiger partial charge in [0.2, 0.25) is 5.96 Å². The predicted octanol–water partition coefficient (Wildman–Crippen LogP) is 4.40. The molecule has 1 aromatic heterocycles. The molecule has 3 rings (SSSR count). The Morgan fingerprint density at radius 2 is 1.61 bits per heavy atom. The van der Waals surface area contributed by atoms with E-state index in [4.69, 9.17) is 0 Å². The summed E-state index contributed by atoms with van der Waals surface area (Å²) in [6.07, 6.45) is 0.754. The first-order valence-corrected chi connectivity index (χ1v) is 10.5. The molecule has 0 saturated carbocycles. The second-order valence-electron chi connectivity index (χ2n) is 8.07. The van der Waals surface area contributed by atoms with Crippen LogP contribution in [0.2, 0.25) is 0 Å². The largest absolute Gasteiger partial charge is 0.326 e. The maximum absolute atomic E-state index is 12.8. The summed E-state index contributed by atoms with van der Waals surface area (Å²) in [6, 6.07) is 13.7. The monoisotopic (exact) mass is 417 g/mol. The minimum Gasteiger partial charge on any atom is -0.326 e. The number of hydrogen-bond acceptors (Lipinski definition) is 3. The van der Waals surface area contributed by atoms with E-state index in [1.54, 1.807) is 0 Å². The topological polar surface area (TPSA) is 71.3 Å². The predicted molar refractivity (Wildman–Crippen MR) is 127 cm³/mol. The number of benzene rings is 2. The first-order valence-electron chi connectivity index (χ1n) is 10.5. The van der Waals surface area contributed by atoms with E-state index in [9.17, 15) is 4.79 Å². The summed E-state index contributed by atoms with van der Waals surface area (Å²) in [4.78, 5) is 17.5. The van der Waals surface area contributed by atoms with Gasteiger partial charge < -0.3 is 5.32 Å². The maximum atomic E-state index is 12.8. The van der Waals surface area contributed by atoms with E-state index >= 15 is 0 Å². The van der Waals surface area contributed by atoms with Gasteiger partial charge in [-0.25, -0.2) is 0 Å². The van der Waals surface area contributed by atoms with E-state index in [1.807, 2.05) is 75.8 Å². The number of nitrogens with one attached hydrogen (secondary N) is 2. The van der Waals surface area contributed by atoms with Crippen molar-refractivity contribution in [1.29, 1.82) is 0 Å². The standard InChI is InChI=1S/C25H31N5O/c1-16-7-9-21(10-8-16)24(31)28-25(27-22-14-17(2)13-18(3)15-22)26-12-11-23-19(4)29-30(6)20(23)5/h7-10,13-15H,11-12H2,1-6H3,(H2,26,27,28,31). The van der Waals surface area contributed by atoms with Gasteiger partial charge in [-0.3, -0.25) is 19.8 Å². The molecular formula is C25H31N5O. The van der Waals surface area contributed by atoms with E-state index in [0.717, 1.165) is 40.2 Å². The summed E-state index contributed by atoms with van der Waals surface area (Å²) in [5.41, 5.74) is 8.25. The van der Waals surface area contributed by atoms with Crippen molar-refractivity contribution in [1.82, 2.24) is 15.1 Å². The fourth-order valence-electron chi connectivity index (χ4n) is 3.64. The molecule has 0 aliphatic rings. The lowest BCUT2D eigenvalue weighted by Crippen LogP contribution is -2.36. The van der Waals surface area contributed by atoms with Crippen molar-refractivity contribution >= 4 is 17.6 Å². The molecule has 0 spiro atoms. The number of guanidine groups is 1. The molecule has 2 aromatic carbocycles. The Labute approximate surface area is 184 Å². The number of nitrogens with zero attached hydrogens (tertiary/aromatic N) is 3. The minimum atomic E-state index is -0.190. The summed E-state index contributed by atoms with van der Waals surface area (Å²) in [5, 5.41) is 10.7. The molecular weight excluding hydrogens is 386 g/mol. The normalized spacial score (nSPS) is 11.5. The Morgan fingerprint density at radius 1 is 0.968 bits per heavy atom. The number of carbonyl (C=O) groups is 1. The van der Waals surface area contributed by atoms with Gasteiger partial charge in [-0.15, -0.1) is 0 Å². The first-order chi connectivity index (χ1) is 14.7. The average Bonchev–Trinajstić information content (AvgIpc) is 2.93. The molecule has 2 N–H and O–H groups in total. The van der Waals surface area contributed by atoms with Gasteiger partial charge in [0.25, 0.3) is 5.91 Å². The van der Waals surface area contributed by atoms with Crippen molar-refractivity contribution < 1.29 is 4.79 Å². The zero-order valence-corrected chi connectivity index (χ0v) is 19.2. The van der Waals surface area contributed by atoms with E-state index in [-0.39, 0.29) is 5.91 Å². The highest BCUT2D eigenvalue weighted by molar-refractivity contribution is 6.10. The molecule has 3 aromatic rings. The number of aromatic nitrogens is 2. The number of hydrogen-bond donors (Lipinski definition) is 2. The summed E-state index contributed by atoms with van der Waals surface area (Å²) in [7, 11) is 1.95. The number of anilines is 1. The third-order valence-electron chi connectivity index (χ3n) is 5.32. The summed E-state index contributed by atoms with van der Waals surface area (Å²) < 4.78 is 1.89. The third kappa shape index (κ3) is 5.81. The van der Waals surface area contributed by atoms with Crippen LogP contribution in [0.1, 0.15) is 44.0 Å². The second-order valence-corrected chi connectivity index (χ2v) is 8.07. The molecule has 0 aliphatic carbocycles. The lowest BCUT2D eigenvalue weighted by Gasteiger charge is -2.13. The molecule has 0 unspecified atom stereocenters. The molecule has 0 bridgehead atoms. The van der Waals surface area contributed by atoms with Crippen LogP contribution in [0.4, 0.5) is 5.69 Å². The van der Waals surface area contributed by atoms with Crippen LogP contribution in [-0.4, -0.2) is 28.2 Å². The van der Waals surface area contributed by atoms with E-state index in [0.29, 0.717) is 18.1 Å². The lowest BCUT2D eigenvalue weighted by molar-refractivity contribution is 0.0977. The van der Waals surface area contributed by atoms with Gasteiger partial charge in [-0.1, -0.05) is 23.8 Å². The highest BCUT2D eigenvalue weighted by Gasteiger charge is 2.12. The van der Waals surface area contributed by atoms with Crippen molar-refractivity contribution in [3.05, 3.63) is 81.7 Å². The van der Waals surface area contributed by atoms with Gasteiger partial charge in [0, 0.05) is 30.5 Å². The number of aryl methyl sites for hydroxylation is 5. The number of rotatable bonds is 5. The fourth-order valence-corrected chi connectivity index (χ4v) is 3.64. The Hall–Kier alpha value is -3.41. The van der Waals surface area contributed by atoms with Crippen LogP contribution in [0.25, 0.3) is 0 Å². The zero-order chi connectivity index (χ0) is 22.5. The SMILES string of the molecule is Cc1ccc(C(=O)NC(=NCCc2c(C)nn(C)c2C)Nc2cc(C)cc(C)c2)cc1. The quantitative estimate of drug-likeness (QED) is 0.477. The van der Waals surface area contributed by atoms with E-state index in [1.165, 1.54) is 5.56 Å². The van der Waals surface area contributed by atoms with Gasteiger partial charge in [-0.05, 0) is 82.0 Å². The minimum absolute atomic E-state index is 0.190. The zero-order valence-electron chi connectivity index (χ0n) is 19.2. The second kappa shape index (κ2) is 9.60. The smallest absolute Gasteiger partial charge is 0.257 e. The third-order valence-corrected chi connectivity index (χ3v) is 5.32. The molecule has 6 nitrogen and oxygen atoms in total. The van der Waals surface area contributed by atoms with Gasteiger partial charge in [0.05, 0.1) is 5.69 Å². The van der Waals surface area contributed by atoms with Gasteiger partial charge in [-0.2, -0.15) is 5.10 Å². The van der Waals surface area contributed by atoms with Crippen LogP contribution < -0.4 is 10.6 Å². The van der Waals surface area contributed by atoms with Crippen LogP contribution in [0, 0.1) is 34.6 Å². The van der Waals surface area contributed by atoms with E-state index < -0.39 is 0 Å². The van der Waals surface area contributed by atoms with Crippen LogP contribution in [0.3, 0.4) is 0 Å². The van der Waals surface area contributed by atoms with Crippen LogP contribution >= 0.6 is 0 Å². The molecule has 31 heavy (non-hydrogen) atoms. The van der Waals surface area contributed by atoms with Gasteiger partial charge in [0.15, 0.2) is 0 Å². The first kappa shape index (κ1) is 22.3. The average molecular weight is 418 g/mol. The molecule has 0 saturated heterocycles. The fraction of sp³-hybridized carbons (Fsp3) is 0.320. The number of carbonyl (C=O) groups excluding carboxylic acids is 1. The van der Waals surface area contributed by atoms with Crippen LogP contribution in [0.5, 0.6) is 0 Å². The molecule has 0 atom stereocenters. The van der Waals surface area contributed by atoms with Gasteiger partial charge in [0.1, 0.15) is 0 Å². The van der Waals surface area contributed by atoms with E-state index in [2.05, 4.69) is 33.7 Å². The Bertz CT molecular complexity index is 1090. The maximum Gasteiger partial charge on any atom is 0.257 e. The molecule has 1 amide bonds. The van der Waals surface area contributed by atoms with Crippen molar-refractivity contribution in [3.63, 3.8) is 0 Å². The van der Waals surface area contributed by atoms with Crippen molar-refractivity contribution in [2.45, 2.75) is 41.0 Å². The molecule has 6 heteroatoms. The molecule has 0 fully saturated rings. The Morgan fingerprint density at radius 3 is 2.19 bits per heavy atom. The summed E-state index contributed by atoms with van der Waals surface area (Å²) >= 11 is 0. The van der Waals surface area contributed by atoms with Crippen LogP contribution in [-0.2, 0) is 13.5 Å². The Balaban J connectivity index is 1.81.